The molecule has 0 aliphatic heterocycles. The van der Waals surface area contributed by atoms with Crippen LogP contribution >= 0.6 is 0 Å². The Kier molecular flexibility index (Phi) is 1.28. The van der Waals surface area contributed by atoms with Crippen molar-refractivity contribution in [1.29, 1.82) is 0 Å². The standard InChI is InChI=1S/C5H3BFN/c6-4-1-2-8-5(7)3-4/h1-3H. The largest absolute Gasteiger partial charge is 0.228 e. The Morgan fingerprint density at radius 1 is 1.62 bits per heavy atom. The summed E-state index contributed by atoms with van der Waals surface area (Å²) in [5.41, 5.74) is 0.400. The van der Waals surface area contributed by atoms with Crippen LogP contribution in [-0.2, 0) is 0 Å². The van der Waals surface area contributed by atoms with E-state index >= 15 is 0 Å². The van der Waals surface area contributed by atoms with Gasteiger partial charge in [-0.2, -0.15) is 4.39 Å². The third-order valence-corrected chi connectivity index (χ3v) is 0.751. The van der Waals surface area contributed by atoms with Crippen LogP contribution < -0.4 is 5.46 Å². The van der Waals surface area contributed by atoms with Crippen LogP contribution in [-0.4, -0.2) is 12.8 Å². The van der Waals surface area contributed by atoms with E-state index in [1.165, 1.54) is 18.3 Å². The number of nitrogens with zero attached hydrogens (tertiary/aromatic N) is 1. The topological polar surface area (TPSA) is 12.9 Å². The van der Waals surface area contributed by atoms with Crippen LogP contribution in [0.15, 0.2) is 18.3 Å². The van der Waals surface area contributed by atoms with Crippen LogP contribution in [0, 0.1) is 5.95 Å². The van der Waals surface area contributed by atoms with Gasteiger partial charge >= 0.3 is 0 Å². The summed E-state index contributed by atoms with van der Waals surface area (Å²) in [6, 6.07) is 2.70. The molecule has 0 aromatic carbocycles. The van der Waals surface area contributed by atoms with Crippen molar-refractivity contribution >= 4 is 13.3 Å². The van der Waals surface area contributed by atoms with E-state index in [9.17, 15) is 4.39 Å². The van der Waals surface area contributed by atoms with E-state index in [1.54, 1.807) is 0 Å². The highest BCUT2D eigenvalue weighted by atomic mass is 19.1. The second-order valence-corrected chi connectivity index (χ2v) is 1.41. The third-order valence-electron chi connectivity index (χ3n) is 0.751. The molecule has 0 unspecified atom stereocenters. The fourth-order valence-corrected chi connectivity index (χ4v) is 0.417. The predicted molar refractivity (Wildman–Crippen MR) is 29.6 cm³/mol. The summed E-state index contributed by atoms with van der Waals surface area (Å²) in [6.07, 6.45) is 1.32. The maximum atomic E-state index is 12.0. The molecule has 1 heterocycles. The number of hydrogen-bond acceptors (Lipinski definition) is 1. The second kappa shape index (κ2) is 1.94. The molecule has 3 heteroatoms. The van der Waals surface area contributed by atoms with Crippen LogP contribution in [0.1, 0.15) is 0 Å². The van der Waals surface area contributed by atoms with Crippen LogP contribution in [0.25, 0.3) is 0 Å². The normalized spacial score (nSPS) is 9.12. The van der Waals surface area contributed by atoms with E-state index < -0.39 is 5.95 Å². The molecule has 0 N–H and O–H groups in total. The van der Waals surface area contributed by atoms with E-state index in [2.05, 4.69) is 4.98 Å². The van der Waals surface area contributed by atoms with Gasteiger partial charge in [0.15, 0.2) is 0 Å². The van der Waals surface area contributed by atoms with Gasteiger partial charge in [0.25, 0.3) is 0 Å². The van der Waals surface area contributed by atoms with E-state index in [0.717, 1.165) is 0 Å². The monoisotopic (exact) mass is 107 g/mol. The molecule has 0 amide bonds. The van der Waals surface area contributed by atoms with Gasteiger partial charge in [-0.15, -0.1) is 0 Å². The molecule has 1 aromatic rings. The van der Waals surface area contributed by atoms with Gasteiger partial charge < -0.3 is 0 Å². The van der Waals surface area contributed by atoms with Crippen LogP contribution in [0.5, 0.6) is 0 Å². The van der Waals surface area contributed by atoms with Crippen molar-refractivity contribution in [2.75, 3.05) is 0 Å². The van der Waals surface area contributed by atoms with Gasteiger partial charge in [-0.1, -0.05) is 11.5 Å². The van der Waals surface area contributed by atoms with Gasteiger partial charge in [-0.3, -0.25) is 0 Å². The molecule has 0 fully saturated rings. The van der Waals surface area contributed by atoms with Crippen molar-refractivity contribution in [2.45, 2.75) is 0 Å². The van der Waals surface area contributed by atoms with Gasteiger partial charge in [0.05, 0.1) is 0 Å². The first-order valence-electron chi connectivity index (χ1n) is 2.16. The van der Waals surface area contributed by atoms with E-state index in [-0.39, 0.29) is 0 Å². The minimum absolute atomic E-state index is 0.400. The third kappa shape index (κ3) is 1.06. The van der Waals surface area contributed by atoms with Crippen molar-refractivity contribution in [3.05, 3.63) is 24.3 Å². The van der Waals surface area contributed by atoms with Crippen LogP contribution in [0.2, 0.25) is 0 Å². The Balaban J connectivity index is 3.08. The van der Waals surface area contributed by atoms with Gasteiger partial charge in [-0.05, 0) is 6.07 Å². The highest BCUT2D eigenvalue weighted by molar-refractivity contribution is 6.32. The molecule has 2 radical (unpaired) electrons. The molecule has 0 atom stereocenters. The first-order valence-corrected chi connectivity index (χ1v) is 2.16. The van der Waals surface area contributed by atoms with E-state index in [0.29, 0.717) is 5.46 Å². The molecule has 1 nitrogen and oxygen atoms in total. The lowest BCUT2D eigenvalue weighted by Crippen LogP contribution is -2.02. The molecule has 0 aliphatic carbocycles. The van der Waals surface area contributed by atoms with E-state index in [1.807, 2.05) is 0 Å². The number of aromatic nitrogens is 1. The fourth-order valence-electron chi connectivity index (χ4n) is 0.417. The Morgan fingerprint density at radius 2 is 2.38 bits per heavy atom. The average molecular weight is 107 g/mol. The molecule has 0 spiro atoms. The molecular formula is C5H3BFN. The molecule has 0 bridgehead atoms. The molecule has 8 heavy (non-hydrogen) atoms. The zero-order valence-corrected chi connectivity index (χ0v) is 4.13. The molecule has 0 aliphatic rings. The quantitative estimate of drug-likeness (QED) is 0.336. The zero-order valence-electron chi connectivity index (χ0n) is 4.13. The number of halogens is 1. The fraction of sp³-hybridized carbons (Fsp3) is 0. The number of rotatable bonds is 0. The Labute approximate surface area is 48.0 Å². The highest BCUT2D eigenvalue weighted by Crippen LogP contribution is 1.83. The Morgan fingerprint density at radius 3 is 2.75 bits per heavy atom. The van der Waals surface area contributed by atoms with Crippen LogP contribution in [0.4, 0.5) is 4.39 Å². The Bertz CT molecular complexity index is 172. The van der Waals surface area contributed by atoms with Crippen LogP contribution in [0.3, 0.4) is 0 Å². The maximum Gasteiger partial charge on any atom is 0.212 e. The minimum atomic E-state index is -0.537. The molecule has 1 rings (SSSR count). The van der Waals surface area contributed by atoms with Crippen molar-refractivity contribution < 1.29 is 4.39 Å². The SMILES string of the molecule is [B]c1ccnc(F)c1. The summed E-state index contributed by atoms with van der Waals surface area (Å²) in [5.74, 6) is -0.537. The predicted octanol–water partition coefficient (Wildman–Crippen LogP) is 0.0145. The van der Waals surface area contributed by atoms with E-state index in [4.69, 9.17) is 7.85 Å². The maximum absolute atomic E-state index is 12.0. The van der Waals surface area contributed by atoms with Gasteiger partial charge in [0.2, 0.25) is 5.95 Å². The summed E-state index contributed by atoms with van der Waals surface area (Å²) in [4.78, 5) is 3.29. The molecule has 1 aromatic heterocycles. The van der Waals surface area contributed by atoms with Crippen molar-refractivity contribution in [3.63, 3.8) is 0 Å². The van der Waals surface area contributed by atoms with Gasteiger partial charge in [0, 0.05) is 6.20 Å². The molecule has 0 saturated carbocycles. The van der Waals surface area contributed by atoms with Crippen molar-refractivity contribution in [2.24, 2.45) is 0 Å². The smallest absolute Gasteiger partial charge is 0.212 e. The van der Waals surface area contributed by atoms with Gasteiger partial charge in [-0.25, -0.2) is 4.98 Å². The lowest BCUT2D eigenvalue weighted by molar-refractivity contribution is 0.585. The minimum Gasteiger partial charge on any atom is -0.228 e. The number of pyridine rings is 1. The summed E-state index contributed by atoms with van der Waals surface area (Å²) in [5, 5.41) is 0. The zero-order chi connectivity index (χ0) is 5.98. The lowest BCUT2D eigenvalue weighted by Gasteiger charge is -1.87. The first kappa shape index (κ1) is 5.28. The second-order valence-electron chi connectivity index (χ2n) is 1.41. The number of hydrogen-bond donors (Lipinski definition) is 0. The van der Waals surface area contributed by atoms with Crippen molar-refractivity contribution in [1.82, 2.24) is 4.98 Å². The Hall–Kier alpha value is -0.855. The first-order chi connectivity index (χ1) is 3.79. The molecule has 0 saturated heterocycles. The summed E-state index contributed by atoms with van der Waals surface area (Å²) in [7, 11) is 5.18. The summed E-state index contributed by atoms with van der Waals surface area (Å²) < 4.78 is 12.0. The highest BCUT2D eigenvalue weighted by Gasteiger charge is 1.85. The summed E-state index contributed by atoms with van der Waals surface area (Å²) >= 11 is 0. The van der Waals surface area contributed by atoms with Crippen molar-refractivity contribution in [3.8, 4) is 0 Å². The van der Waals surface area contributed by atoms with Gasteiger partial charge in [0.1, 0.15) is 7.85 Å². The lowest BCUT2D eigenvalue weighted by atomic mass is 9.98. The molecule has 38 valence electrons. The molecular weight excluding hydrogens is 104 g/mol. The average Bonchev–Trinajstić information content (AvgIpc) is 1.64. The summed E-state index contributed by atoms with van der Waals surface area (Å²) in [6.45, 7) is 0.